The lowest BCUT2D eigenvalue weighted by Crippen LogP contribution is -2.33. The lowest BCUT2D eigenvalue weighted by molar-refractivity contribution is 0.150. The van der Waals surface area contributed by atoms with Gasteiger partial charge < -0.3 is 10.1 Å². The molecule has 0 aromatic rings. The van der Waals surface area contributed by atoms with E-state index in [1.807, 2.05) is 0 Å². The maximum atomic E-state index is 5.12. The summed E-state index contributed by atoms with van der Waals surface area (Å²) in [6, 6.07) is 0. The largest absolute Gasteiger partial charge is 0.385 e. The van der Waals surface area contributed by atoms with E-state index in [-0.39, 0.29) is 0 Å². The van der Waals surface area contributed by atoms with Crippen molar-refractivity contribution in [3.8, 4) is 0 Å². The molecule has 0 heterocycles. The Morgan fingerprint density at radius 3 is 2.27 bits per heavy atom. The minimum absolute atomic E-state index is 0.349. The Morgan fingerprint density at radius 1 is 1.20 bits per heavy atom. The highest BCUT2D eigenvalue weighted by molar-refractivity contribution is 4.72. The van der Waals surface area contributed by atoms with Crippen molar-refractivity contribution in [2.24, 2.45) is 11.3 Å². The first-order valence-corrected chi connectivity index (χ1v) is 6.25. The first-order chi connectivity index (χ1) is 7.05. The predicted octanol–water partition coefficient (Wildman–Crippen LogP) is 3.07. The summed E-state index contributed by atoms with van der Waals surface area (Å²) >= 11 is 0. The molecule has 92 valence electrons. The van der Waals surface area contributed by atoms with Gasteiger partial charge >= 0.3 is 0 Å². The van der Waals surface area contributed by atoms with E-state index in [1.54, 1.807) is 7.11 Å². The van der Waals surface area contributed by atoms with Crippen molar-refractivity contribution in [1.29, 1.82) is 0 Å². The van der Waals surface area contributed by atoms with Crippen molar-refractivity contribution in [2.45, 2.75) is 47.0 Å². The van der Waals surface area contributed by atoms with Crippen LogP contribution >= 0.6 is 0 Å². The second-order valence-electron chi connectivity index (χ2n) is 5.22. The average Bonchev–Trinajstić information content (AvgIpc) is 2.22. The van der Waals surface area contributed by atoms with E-state index in [0.717, 1.165) is 32.0 Å². The molecule has 0 bridgehead atoms. The molecular formula is C13H29NO. The Morgan fingerprint density at radius 2 is 1.80 bits per heavy atom. The lowest BCUT2D eigenvalue weighted by Gasteiger charge is -2.26. The predicted molar refractivity (Wildman–Crippen MR) is 67.2 cm³/mol. The van der Waals surface area contributed by atoms with E-state index in [2.05, 4.69) is 33.0 Å². The third-order valence-electron chi connectivity index (χ3n) is 3.17. The third kappa shape index (κ3) is 7.80. The van der Waals surface area contributed by atoms with Crippen LogP contribution in [0.5, 0.6) is 0 Å². The van der Waals surface area contributed by atoms with Gasteiger partial charge in [-0.15, -0.1) is 0 Å². The Balaban J connectivity index is 3.63. The number of methoxy groups -OCH3 is 1. The van der Waals surface area contributed by atoms with Gasteiger partial charge in [-0.3, -0.25) is 0 Å². The summed E-state index contributed by atoms with van der Waals surface area (Å²) in [5.74, 6) is 0.836. The molecule has 0 spiro atoms. The normalized spacial score (nSPS) is 12.4. The zero-order valence-corrected chi connectivity index (χ0v) is 11.2. The molecule has 1 N–H and O–H groups in total. The average molecular weight is 215 g/mol. The molecule has 0 aromatic carbocycles. The standard InChI is InChI=1S/C13H29NO/c1-6-12(7-2)10-14-11-13(3,4)8-9-15-5/h12,14H,6-11H2,1-5H3. The molecule has 0 radical (unpaired) electrons. The van der Waals surface area contributed by atoms with Gasteiger partial charge in [0, 0.05) is 20.3 Å². The van der Waals surface area contributed by atoms with Crippen LogP contribution in [0.3, 0.4) is 0 Å². The smallest absolute Gasteiger partial charge is 0.0467 e. The molecule has 0 rings (SSSR count). The van der Waals surface area contributed by atoms with Gasteiger partial charge in [-0.2, -0.15) is 0 Å². The van der Waals surface area contributed by atoms with Crippen molar-refractivity contribution in [2.75, 3.05) is 26.8 Å². The molecule has 0 saturated heterocycles. The quantitative estimate of drug-likeness (QED) is 0.638. The van der Waals surface area contributed by atoms with Crippen LogP contribution in [0.4, 0.5) is 0 Å². The number of rotatable bonds is 9. The highest BCUT2D eigenvalue weighted by Gasteiger charge is 2.17. The second-order valence-corrected chi connectivity index (χ2v) is 5.22. The van der Waals surface area contributed by atoms with Crippen molar-refractivity contribution in [1.82, 2.24) is 5.32 Å². The lowest BCUT2D eigenvalue weighted by atomic mass is 9.89. The van der Waals surface area contributed by atoms with Crippen molar-refractivity contribution >= 4 is 0 Å². The van der Waals surface area contributed by atoms with Gasteiger partial charge in [0.15, 0.2) is 0 Å². The zero-order valence-electron chi connectivity index (χ0n) is 11.2. The Kier molecular flexibility index (Phi) is 8.07. The maximum Gasteiger partial charge on any atom is 0.0467 e. The summed E-state index contributed by atoms with van der Waals surface area (Å²) < 4.78 is 5.12. The van der Waals surface area contributed by atoms with Crippen molar-refractivity contribution in [3.63, 3.8) is 0 Å². The minimum atomic E-state index is 0.349. The molecular weight excluding hydrogens is 186 g/mol. The SMILES string of the molecule is CCC(CC)CNCC(C)(C)CCOC. The summed E-state index contributed by atoms with van der Waals surface area (Å²) in [5.41, 5.74) is 0.349. The number of nitrogens with one attached hydrogen (secondary N) is 1. The molecule has 0 saturated carbocycles. The van der Waals surface area contributed by atoms with Crippen LogP contribution < -0.4 is 5.32 Å². The Labute approximate surface area is 95.8 Å². The van der Waals surface area contributed by atoms with E-state index in [4.69, 9.17) is 4.74 Å². The summed E-state index contributed by atoms with van der Waals surface area (Å²) in [6.45, 7) is 12.2. The van der Waals surface area contributed by atoms with E-state index in [1.165, 1.54) is 12.8 Å². The third-order valence-corrected chi connectivity index (χ3v) is 3.17. The summed E-state index contributed by atoms with van der Waals surface area (Å²) in [4.78, 5) is 0. The van der Waals surface area contributed by atoms with Crippen molar-refractivity contribution in [3.05, 3.63) is 0 Å². The molecule has 15 heavy (non-hydrogen) atoms. The van der Waals surface area contributed by atoms with E-state index in [0.29, 0.717) is 5.41 Å². The highest BCUT2D eigenvalue weighted by atomic mass is 16.5. The summed E-state index contributed by atoms with van der Waals surface area (Å²) in [6.07, 6.45) is 3.68. The monoisotopic (exact) mass is 215 g/mol. The van der Waals surface area contributed by atoms with Crippen LogP contribution in [-0.4, -0.2) is 26.8 Å². The maximum absolute atomic E-state index is 5.12. The van der Waals surface area contributed by atoms with Gasteiger partial charge in [0.25, 0.3) is 0 Å². The topological polar surface area (TPSA) is 21.3 Å². The van der Waals surface area contributed by atoms with Crippen LogP contribution in [0.15, 0.2) is 0 Å². The Bertz CT molecular complexity index is 141. The Hall–Kier alpha value is -0.0800. The van der Waals surface area contributed by atoms with Crippen LogP contribution in [0, 0.1) is 11.3 Å². The molecule has 0 aliphatic carbocycles. The number of ether oxygens (including phenoxy) is 1. The molecule has 0 aliphatic rings. The summed E-state index contributed by atoms with van der Waals surface area (Å²) in [7, 11) is 1.77. The fourth-order valence-electron chi connectivity index (χ4n) is 1.66. The van der Waals surface area contributed by atoms with Gasteiger partial charge in [0.2, 0.25) is 0 Å². The molecule has 0 amide bonds. The van der Waals surface area contributed by atoms with E-state index in [9.17, 15) is 0 Å². The van der Waals surface area contributed by atoms with Crippen LogP contribution in [0.25, 0.3) is 0 Å². The first kappa shape index (κ1) is 14.9. The van der Waals surface area contributed by atoms with Gasteiger partial charge in [0.05, 0.1) is 0 Å². The van der Waals surface area contributed by atoms with Gasteiger partial charge in [-0.05, 0) is 24.3 Å². The minimum Gasteiger partial charge on any atom is -0.385 e. The molecule has 2 heteroatoms. The van der Waals surface area contributed by atoms with Crippen molar-refractivity contribution < 1.29 is 4.74 Å². The number of hydrogen-bond donors (Lipinski definition) is 1. The number of hydrogen-bond acceptors (Lipinski definition) is 2. The van der Waals surface area contributed by atoms with Gasteiger partial charge in [-0.25, -0.2) is 0 Å². The van der Waals surface area contributed by atoms with Crippen LogP contribution in [0.1, 0.15) is 47.0 Å². The molecule has 0 fully saturated rings. The molecule has 2 nitrogen and oxygen atoms in total. The molecule has 0 aromatic heterocycles. The highest BCUT2D eigenvalue weighted by Crippen LogP contribution is 2.19. The fourth-order valence-corrected chi connectivity index (χ4v) is 1.66. The molecule has 0 atom stereocenters. The fraction of sp³-hybridized carbons (Fsp3) is 1.00. The van der Waals surface area contributed by atoms with Crippen LogP contribution in [0.2, 0.25) is 0 Å². The van der Waals surface area contributed by atoms with Gasteiger partial charge in [0.1, 0.15) is 0 Å². The second kappa shape index (κ2) is 8.12. The summed E-state index contributed by atoms with van der Waals surface area (Å²) in [5, 5.41) is 3.58. The van der Waals surface area contributed by atoms with E-state index < -0.39 is 0 Å². The molecule has 0 unspecified atom stereocenters. The first-order valence-electron chi connectivity index (χ1n) is 6.25. The van der Waals surface area contributed by atoms with Gasteiger partial charge in [-0.1, -0.05) is 40.5 Å². The zero-order chi connectivity index (χ0) is 11.7. The van der Waals surface area contributed by atoms with E-state index >= 15 is 0 Å². The van der Waals surface area contributed by atoms with Crippen LogP contribution in [-0.2, 0) is 4.74 Å². The molecule has 0 aliphatic heterocycles.